The number of hydrogen-bond acceptors (Lipinski definition) is 5. The number of ether oxygens (including phenoxy) is 1. The van der Waals surface area contributed by atoms with E-state index >= 15 is 0 Å². The Morgan fingerprint density at radius 1 is 1.42 bits per heavy atom. The Hall–Kier alpha value is -1.50. The Morgan fingerprint density at radius 2 is 2.11 bits per heavy atom. The zero-order chi connectivity index (χ0) is 14.1. The van der Waals surface area contributed by atoms with Crippen molar-refractivity contribution in [3.05, 3.63) is 39.9 Å². The molecule has 2 N–H and O–H groups in total. The zero-order valence-electron chi connectivity index (χ0n) is 11.0. The maximum atomic E-state index is 10.5. The molecule has 0 saturated carbocycles. The van der Waals surface area contributed by atoms with Gasteiger partial charge in [0.2, 0.25) is 0 Å². The highest BCUT2D eigenvalue weighted by molar-refractivity contribution is 5.32. The van der Waals surface area contributed by atoms with Crippen LogP contribution in [0.2, 0.25) is 0 Å². The van der Waals surface area contributed by atoms with Crippen LogP contribution in [0.15, 0.2) is 24.3 Å². The lowest BCUT2D eigenvalue weighted by molar-refractivity contribution is -0.384. The molecule has 0 saturated heterocycles. The molecule has 0 spiro atoms. The van der Waals surface area contributed by atoms with E-state index < -0.39 is 11.0 Å². The minimum absolute atomic E-state index is 0.101. The van der Waals surface area contributed by atoms with E-state index in [1.165, 1.54) is 12.1 Å². The first-order valence-corrected chi connectivity index (χ1v) is 6.33. The van der Waals surface area contributed by atoms with E-state index in [0.29, 0.717) is 26.3 Å². The van der Waals surface area contributed by atoms with Crippen molar-refractivity contribution in [3.8, 4) is 0 Å². The number of aliphatic hydroxyl groups excluding tert-OH is 1. The van der Waals surface area contributed by atoms with Gasteiger partial charge in [-0.15, -0.1) is 0 Å². The molecule has 0 heterocycles. The van der Waals surface area contributed by atoms with Gasteiger partial charge in [-0.3, -0.25) is 10.1 Å². The summed E-state index contributed by atoms with van der Waals surface area (Å²) in [6, 6.07) is 6.49. The van der Waals surface area contributed by atoms with Crippen molar-refractivity contribution < 1.29 is 14.8 Å². The molecule has 1 unspecified atom stereocenters. The van der Waals surface area contributed by atoms with Crippen molar-refractivity contribution in [1.29, 1.82) is 0 Å². The molecule has 6 nitrogen and oxygen atoms in total. The van der Waals surface area contributed by atoms with Crippen LogP contribution in [-0.4, -0.2) is 42.4 Å². The van der Waals surface area contributed by atoms with Gasteiger partial charge in [0, 0.05) is 25.3 Å². The summed E-state index contributed by atoms with van der Waals surface area (Å²) in [5, 5.41) is 23.1. The quantitative estimate of drug-likeness (QED) is 0.398. The van der Waals surface area contributed by atoms with E-state index in [4.69, 9.17) is 4.74 Å². The van der Waals surface area contributed by atoms with Crippen LogP contribution in [0.25, 0.3) is 0 Å². The Morgan fingerprint density at radius 3 is 2.68 bits per heavy atom. The van der Waals surface area contributed by atoms with Crippen molar-refractivity contribution in [2.45, 2.75) is 19.4 Å². The molecular formula is C13H20N2O4. The second-order valence-corrected chi connectivity index (χ2v) is 4.19. The molecule has 106 valence electrons. The van der Waals surface area contributed by atoms with Crippen LogP contribution < -0.4 is 5.32 Å². The number of rotatable bonds is 9. The van der Waals surface area contributed by atoms with Gasteiger partial charge in [-0.25, -0.2) is 0 Å². The highest BCUT2D eigenvalue weighted by Gasteiger charge is 2.05. The van der Waals surface area contributed by atoms with Crippen molar-refractivity contribution in [1.82, 2.24) is 5.32 Å². The minimum Gasteiger partial charge on any atom is -0.389 e. The van der Waals surface area contributed by atoms with Gasteiger partial charge >= 0.3 is 0 Å². The molecule has 6 heteroatoms. The van der Waals surface area contributed by atoms with Gasteiger partial charge in [0.1, 0.15) is 0 Å². The first kappa shape index (κ1) is 15.6. The number of non-ortho nitro benzene ring substituents is 1. The first-order valence-electron chi connectivity index (χ1n) is 6.33. The van der Waals surface area contributed by atoms with Gasteiger partial charge in [0.15, 0.2) is 0 Å². The lowest BCUT2D eigenvalue weighted by Crippen LogP contribution is -2.31. The Balaban J connectivity index is 2.20. The molecule has 0 aliphatic carbocycles. The molecule has 0 fully saturated rings. The molecule has 1 aromatic rings. The standard InChI is InChI=1S/C13H20N2O4/c1-2-19-10-13(16)9-14-8-7-11-3-5-12(6-4-11)15(17)18/h3-6,13-14,16H,2,7-10H2,1H3. The Bertz CT molecular complexity index is 381. The highest BCUT2D eigenvalue weighted by atomic mass is 16.6. The van der Waals surface area contributed by atoms with Crippen LogP contribution in [0.4, 0.5) is 5.69 Å². The minimum atomic E-state index is -0.503. The largest absolute Gasteiger partial charge is 0.389 e. The fourth-order valence-corrected chi connectivity index (χ4v) is 1.60. The summed E-state index contributed by atoms with van der Waals surface area (Å²) >= 11 is 0. The average molecular weight is 268 g/mol. The predicted molar refractivity (Wildman–Crippen MR) is 72.2 cm³/mol. The third-order valence-electron chi connectivity index (χ3n) is 2.63. The second kappa shape index (κ2) is 8.58. The molecule has 1 rings (SSSR count). The molecule has 0 radical (unpaired) electrons. The van der Waals surface area contributed by atoms with Gasteiger partial charge in [0.25, 0.3) is 5.69 Å². The zero-order valence-corrected chi connectivity index (χ0v) is 11.0. The van der Waals surface area contributed by atoms with Crippen LogP contribution >= 0.6 is 0 Å². The number of aliphatic hydroxyl groups is 1. The third-order valence-corrected chi connectivity index (χ3v) is 2.63. The third kappa shape index (κ3) is 6.28. The van der Waals surface area contributed by atoms with Gasteiger partial charge in [-0.1, -0.05) is 12.1 Å². The van der Waals surface area contributed by atoms with Crippen LogP contribution in [-0.2, 0) is 11.2 Å². The summed E-state index contributed by atoms with van der Waals surface area (Å²) in [6.07, 6.45) is 0.260. The molecule has 1 aromatic carbocycles. The summed E-state index contributed by atoms with van der Waals surface area (Å²) in [5.41, 5.74) is 1.13. The van der Waals surface area contributed by atoms with Crippen LogP contribution in [0.3, 0.4) is 0 Å². The number of hydrogen-bond donors (Lipinski definition) is 2. The van der Waals surface area contributed by atoms with Gasteiger partial charge < -0.3 is 15.2 Å². The Kier molecular flexibility index (Phi) is 7.02. The monoisotopic (exact) mass is 268 g/mol. The molecule has 0 aliphatic rings. The molecule has 1 atom stereocenters. The number of benzene rings is 1. The second-order valence-electron chi connectivity index (χ2n) is 4.19. The normalized spacial score (nSPS) is 12.3. The van der Waals surface area contributed by atoms with E-state index in [1.807, 2.05) is 6.92 Å². The SMILES string of the molecule is CCOCC(O)CNCCc1ccc([N+](=O)[O-])cc1. The van der Waals surface area contributed by atoms with Crippen molar-refractivity contribution in [2.75, 3.05) is 26.3 Å². The van der Waals surface area contributed by atoms with E-state index in [0.717, 1.165) is 12.0 Å². The summed E-state index contributed by atoms with van der Waals surface area (Å²) in [7, 11) is 0. The molecule has 0 aromatic heterocycles. The smallest absolute Gasteiger partial charge is 0.269 e. The number of nitro benzene ring substituents is 1. The fraction of sp³-hybridized carbons (Fsp3) is 0.538. The van der Waals surface area contributed by atoms with Gasteiger partial charge in [0.05, 0.1) is 17.6 Å². The first-order chi connectivity index (χ1) is 9.13. The molecular weight excluding hydrogens is 248 g/mol. The van der Waals surface area contributed by atoms with Crippen LogP contribution in [0.5, 0.6) is 0 Å². The lowest BCUT2D eigenvalue weighted by Gasteiger charge is -2.11. The van der Waals surface area contributed by atoms with E-state index in [2.05, 4.69) is 5.32 Å². The fourth-order valence-electron chi connectivity index (χ4n) is 1.60. The number of nitrogens with zero attached hydrogens (tertiary/aromatic N) is 1. The van der Waals surface area contributed by atoms with E-state index in [9.17, 15) is 15.2 Å². The summed E-state index contributed by atoms with van der Waals surface area (Å²) in [6.45, 7) is 4.00. The summed E-state index contributed by atoms with van der Waals surface area (Å²) in [5.74, 6) is 0. The van der Waals surface area contributed by atoms with E-state index in [1.54, 1.807) is 12.1 Å². The van der Waals surface area contributed by atoms with Crippen molar-refractivity contribution >= 4 is 5.69 Å². The topological polar surface area (TPSA) is 84.6 Å². The van der Waals surface area contributed by atoms with Crippen molar-refractivity contribution in [2.24, 2.45) is 0 Å². The summed E-state index contributed by atoms with van der Waals surface area (Å²) < 4.78 is 5.09. The van der Waals surface area contributed by atoms with Crippen LogP contribution in [0, 0.1) is 10.1 Å². The van der Waals surface area contributed by atoms with Crippen LogP contribution in [0.1, 0.15) is 12.5 Å². The van der Waals surface area contributed by atoms with E-state index in [-0.39, 0.29) is 5.69 Å². The maximum absolute atomic E-state index is 10.5. The van der Waals surface area contributed by atoms with Crippen molar-refractivity contribution in [3.63, 3.8) is 0 Å². The summed E-state index contributed by atoms with van der Waals surface area (Å²) in [4.78, 5) is 10.1. The Labute approximate surface area is 112 Å². The number of nitro groups is 1. The molecule has 0 aliphatic heterocycles. The molecule has 19 heavy (non-hydrogen) atoms. The molecule has 0 bridgehead atoms. The molecule has 0 amide bonds. The lowest BCUT2D eigenvalue weighted by atomic mass is 10.1. The predicted octanol–water partition coefficient (Wildman–Crippen LogP) is 1.12. The average Bonchev–Trinajstić information content (AvgIpc) is 2.41. The number of nitrogens with one attached hydrogen (secondary N) is 1. The highest BCUT2D eigenvalue weighted by Crippen LogP contribution is 2.11. The maximum Gasteiger partial charge on any atom is 0.269 e. The van der Waals surface area contributed by atoms with Gasteiger partial charge in [-0.05, 0) is 25.5 Å². The van der Waals surface area contributed by atoms with Gasteiger partial charge in [-0.2, -0.15) is 0 Å².